The van der Waals surface area contributed by atoms with Crippen LogP contribution in [-0.2, 0) is 0 Å². The van der Waals surface area contributed by atoms with Crippen molar-refractivity contribution in [2.75, 3.05) is 0 Å². The lowest BCUT2D eigenvalue weighted by atomic mass is 10.4. The fraction of sp³-hybridized carbons (Fsp3) is 0. The van der Waals surface area contributed by atoms with Gasteiger partial charge in [-0.1, -0.05) is 97.1 Å². The van der Waals surface area contributed by atoms with Crippen molar-refractivity contribution in [3.8, 4) is 0 Å². The summed E-state index contributed by atoms with van der Waals surface area (Å²) in [6, 6.07) is 38.6. The van der Waals surface area contributed by atoms with Crippen LogP contribution in [0.2, 0.25) is 0 Å². The van der Waals surface area contributed by atoms with Crippen LogP contribution in [0.15, 0.2) is 115 Å². The Bertz CT molecular complexity index is 907. The molecule has 1 heterocycles. The van der Waals surface area contributed by atoms with Crippen LogP contribution in [0.25, 0.3) is 0 Å². The number of pyridine rings is 1. The first-order chi connectivity index (χ1) is 12.9. The monoisotopic (exact) mass is 353 g/mol. The summed E-state index contributed by atoms with van der Waals surface area (Å²) < 4.78 is 0. The minimum atomic E-state index is -1.96. The molecule has 126 valence electrons. The summed E-state index contributed by atoms with van der Waals surface area (Å²) in [5, 5.41) is 4.01. The molecule has 0 amide bonds. The Kier molecular flexibility index (Phi) is 4.82. The summed E-state index contributed by atoms with van der Waals surface area (Å²) in [5.41, 5.74) is 1.01. The Morgan fingerprint density at radius 1 is 0.500 bits per heavy atom. The third kappa shape index (κ3) is 3.14. The zero-order valence-electron chi connectivity index (χ0n) is 14.4. The summed E-state index contributed by atoms with van der Waals surface area (Å²) in [6.45, 7) is -1.96. The predicted octanol–water partition coefficient (Wildman–Crippen LogP) is 4.23. The van der Waals surface area contributed by atoms with Crippen LogP contribution in [0.5, 0.6) is 0 Å². The van der Waals surface area contributed by atoms with E-state index in [9.17, 15) is 0 Å². The average Bonchev–Trinajstić information content (AvgIpc) is 2.75. The van der Waals surface area contributed by atoms with Crippen molar-refractivity contribution in [3.63, 3.8) is 0 Å². The Morgan fingerprint density at radius 2 is 0.923 bits per heavy atom. The maximum atomic E-state index is 4.61. The highest BCUT2D eigenvalue weighted by molar-refractivity contribution is 7.94. The normalized spacial score (nSPS) is 11.1. The molecule has 1 nitrogen and oxygen atoms in total. The van der Waals surface area contributed by atoms with Crippen molar-refractivity contribution < 1.29 is 0 Å². The molecule has 0 bridgehead atoms. The van der Waals surface area contributed by atoms with E-state index in [1.54, 1.807) is 0 Å². The van der Waals surface area contributed by atoms with Crippen LogP contribution < -0.4 is 15.9 Å². The molecule has 3 aromatic carbocycles. The quantitative estimate of drug-likeness (QED) is 0.501. The highest BCUT2D eigenvalue weighted by Crippen LogP contribution is 2.44. The van der Waals surface area contributed by atoms with Gasteiger partial charge in [0.05, 0.1) is 5.69 Å². The molecule has 0 aliphatic rings. The maximum absolute atomic E-state index is 4.61. The lowest BCUT2D eigenvalue weighted by molar-refractivity contribution is 1.31. The van der Waals surface area contributed by atoms with Gasteiger partial charge in [0.2, 0.25) is 0 Å². The van der Waals surface area contributed by atoms with E-state index in [-0.39, 0.29) is 0 Å². The van der Waals surface area contributed by atoms with E-state index in [0.29, 0.717) is 0 Å². The first kappa shape index (κ1) is 16.6. The van der Waals surface area contributed by atoms with Gasteiger partial charge in [-0.15, -0.1) is 0 Å². The average molecular weight is 353 g/mol. The van der Waals surface area contributed by atoms with Gasteiger partial charge in [-0.2, -0.15) is 0 Å². The second-order valence-corrected chi connectivity index (χ2v) is 9.37. The molecular formula is C24H20NP. The molecule has 4 rings (SSSR count). The standard InChI is InChI=1S/C24H20NP/c1-4-13-22(14-5-1)26(23-15-6-2-7-16-23,24-17-8-3-9-18-24)20-21-12-10-11-19-25-21/h1-20H. The summed E-state index contributed by atoms with van der Waals surface area (Å²) >= 11 is 0. The third-order valence-corrected chi connectivity index (χ3v) is 8.49. The number of benzene rings is 3. The minimum Gasteiger partial charge on any atom is -0.257 e. The van der Waals surface area contributed by atoms with Gasteiger partial charge in [-0.25, -0.2) is 0 Å². The summed E-state index contributed by atoms with van der Waals surface area (Å²) in [6.07, 6.45) is 1.86. The Morgan fingerprint density at radius 3 is 1.31 bits per heavy atom. The van der Waals surface area contributed by atoms with Gasteiger partial charge in [0.1, 0.15) is 0 Å². The van der Waals surface area contributed by atoms with E-state index in [4.69, 9.17) is 0 Å². The minimum absolute atomic E-state index is 1.01. The number of hydrogen-bond donors (Lipinski definition) is 0. The van der Waals surface area contributed by atoms with Crippen LogP contribution in [0, 0.1) is 0 Å². The maximum Gasteiger partial charge on any atom is 0.0640 e. The number of hydrogen-bond acceptors (Lipinski definition) is 1. The summed E-state index contributed by atoms with van der Waals surface area (Å²) in [7, 11) is 0. The van der Waals surface area contributed by atoms with Gasteiger partial charge in [-0.3, -0.25) is 4.98 Å². The van der Waals surface area contributed by atoms with Gasteiger partial charge in [-0.05, 0) is 40.7 Å². The highest BCUT2D eigenvalue weighted by Gasteiger charge is 2.24. The van der Waals surface area contributed by atoms with E-state index in [0.717, 1.165) is 5.69 Å². The van der Waals surface area contributed by atoms with E-state index in [2.05, 4.69) is 114 Å². The second kappa shape index (κ2) is 7.56. The van der Waals surface area contributed by atoms with Gasteiger partial charge in [0.15, 0.2) is 0 Å². The number of rotatable bonds is 4. The fourth-order valence-electron chi connectivity index (χ4n) is 3.31. The van der Waals surface area contributed by atoms with E-state index in [1.165, 1.54) is 15.9 Å². The molecule has 0 aliphatic heterocycles. The zero-order valence-corrected chi connectivity index (χ0v) is 15.3. The molecule has 2 heteroatoms. The Balaban J connectivity index is 2.13. The molecule has 0 spiro atoms. The van der Waals surface area contributed by atoms with E-state index < -0.39 is 6.89 Å². The van der Waals surface area contributed by atoms with Crippen molar-refractivity contribution in [2.45, 2.75) is 0 Å². The van der Waals surface area contributed by atoms with Gasteiger partial charge in [0, 0.05) is 6.20 Å². The lowest BCUT2D eigenvalue weighted by Crippen LogP contribution is -2.27. The molecule has 1 aromatic heterocycles. The highest BCUT2D eigenvalue weighted by atomic mass is 31.2. The first-order valence-electron chi connectivity index (χ1n) is 8.72. The molecule has 4 aromatic rings. The number of aromatic nitrogens is 1. The van der Waals surface area contributed by atoms with Crippen molar-refractivity contribution in [1.82, 2.24) is 4.98 Å². The smallest absolute Gasteiger partial charge is 0.0640 e. The molecule has 0 saturated heterocycles. The second-order valence-electron chi connectivity index (χ2n) is 6.11. The number of nitrogens with zero attached hydrogens (tertiary/aromatic N) is 1. The Labute approximate surface area is 155 Å². The topological polar surface area (TPSA) is 12.9 Å². The molecule has 0 saturated carbocycles. The van der Waals surface area contributed by atoms with Crippen molar-refractivity contribution in [2.24, 2.45) is 0 Å². The van der Waals surface area contributed by atoms with Crippen molar-refractivity contribution in [1.29, 1.82) is 0 Å². The van der Waals surface area contributed by atoms with Crippen molar-refractivity contribution >= 4 is 28.6 Å². The lowest BCUT2D eigenvalue weighted by Gasteiger charge is -2.28. The van der Waals surface area contributed by atoms with Crippen LogP contribution in [0.3, 0.4) is 0 Å². The van der Waals surface area contributed by atoms with Gasteiger partial charge < -0.3 is 0 Å². The third-order valence-electron chi connectivity index (χ3n) is 4.50. The summed E-state index contributed by atoms with van der Waals surface area (Å²) in [4.78, 5) is 4.61. The molecule has 0 unspecified atom stereocenters. The van der Waals surface area contributed by atoms with E-state index in [1.807, 2.05) is 12.3 Å². The fourth-order valence-corrected chi connectivity index (χ4v) is 7.13. The zero-order chi connectivity index (χ0) is 17.7. The van der Waals surface area contributed by atoms with Gasteiger partial charge >= 0.3 is 0 Å². The molecule has 0 atom stereocenters. The molecular weight excluding hydrogens is 333 g/mol. The molecule has 0 radical (unpaired) electrons. The van der Waals surface area contributed by atoms with Gasteiger partial charge in [0.25, 0.3) is 0 Å². The molecule has 26 heavy (non-hydrogen) atoms. The molecule has 0 aliphatic carbocycles. The largest absolute Gasteiger partial charge is 0.257 e. The SMILES string of the molecule is C(c1ccccn1)=P(c1ccccc1)(c1ccccc1)c1ccccc1. The van der Waals surface area contributed by atoms with Crippen molar-refractivity contribution in [3.05, 3.63) is 121 Å². The van der Waals surface area contributed by atoms with Crippen LogP contribution in [0.1, 0.15) is 5.69 Å². The Hall–Kier alpha value is -2.89. The van der Waals surface area contributed by atoms with E-state index >= 15 is 0 Å². The predicted molar refractivity (Wildman–Crippen MR) is 115 cm³/mol. The van der Waals surface area contributed by atoms with Crippen LogP contribution >= 0.6 is 6.89 Å². The first-order valence-corrected chi connectivity index (χ1v) is 10.6. The summed E-state index contributed by atoms with van der Waals surface area (Å²) in [5.74, 6) is 2.38. The van der Waals surface area contributed by atoms with Crippen LogP contribution in [0.4, 0.5) is 0 Å². The van der Waals surface area contributed by atoms with Crippen LogP contribution in [-0.4, -0.2) is 10.8 Å². The molecule has 0 N–H and O–H groups in total. The molecule has 0 fully saturated rings.